The predicted molar refractivity (Wildman–Crippen MR) is 98.8 cm³/mol. The Kier molecular flexibility index (Phi) is 4.55. The van der Waals surface area contributed by atoms with Crippen molar-refractivity contribution < 1.29 is 13.9 Å². The normalized spacial score (nSPS) is 16.3. The Hall–Kier alpha value is -2.53. The third kappa shape index (κ3) is 3.27. The van der Waals surface area contributed by atoms with Crippen molar-refractivity contribution in [3.8, 4) is 0 Å². The number of benzene rings is 2. The minimum atomic E-state index is -0.458. The summed E-state index contributed by atoms with van der Waals surface area (Å²) >= 11 is 6.18. The van der Waals surface area contributed by atoms with Gasteiger partial charge in [-0.15, -0.1) is 0 Å². The Morgan fingerprint density at radius 3 is 2.88 bits per heavy atom. The van der Waals surface area contributed by atoms with Crippen LogP contribution >= 0.6 is 11.6 Å². The van der Waals surface area contributed by atoms with E-state index in [-0.39, 0.29) is 18.5 Å². The number of fused-ring (bicyclic) bond motifs is 3. The summed E-state index contributed by atoms with van der Waals surface area (Å²) < 4.78 is 19.6. The maximum Gasteiger partial charge on any atom is 0.407 e. The Bertz CT molecular complexity index is 955. The summed E-state index contributed by atoms with van der Waals surface area (Å²) in [5, 5.41) is 3.92. The maximum absolute atomic E-state index is 14.3. The van der Waals surface area contributed by atoms with Crippen molar-refractivity contribution in [2.24, 2.45) is 0 Å². The lowest BCUT2D eigenvalue weighted by Gasteiger charge is -2.23. The van der Waals surface area contributed by atoms with Gasteiger partial charge in [0.15, 0.2) is 0 Å². The second kappa shape index (κ2) is 7.00. The maximum atomic E-state index is 14.3. The van der Waals surface area contributed by atoms with Crippen LogP contribution in [0.3, 0.4) is 0 Å². The number of halogens is 2. The van der Waals surface area contributed by atoms with Crippen LogP contribution < -0.4 is 5.32 Å². The molecule has 0 spiro atoms. The van der Waals surface area contributed by atoms with Crippen molar-refractivity contribution in [3.05, 3.63) is 70.1 Å². The summed E-state index contributed by atoms with van der Waals surface area (Å²) in [5.74, 6) is -0.297. The molecule has 6 heteroatoms. The monoisotopic (exact) mass is 372 g/mol. The van der Waals surface area contributed by atoms with E-state index in [9.17, 15) is 9.18 Å². The lowest BCUT2D eigenvalue weighted by molar-refractivity contribution is 0.134. The van der Waals surface area contributed by atoms with E-state index in [1.807, 2.05) is 30.3 Å². The first-order valence-corrected chi connectivity index (χ1v) is 8.94. The second-order valence-corrected chi connectivity index (χ2v) is 6.91. The van der Waals surface area contributed by atoms with Gasteiger partial charge < -0.3 is 15.0 Å². The summed E-state index contributed by atoms with van der Waals surface area (Å²) in [7, 11) is 0. The van der Waals surface area contributed by atoms with Gasteiger partial charge in [-0.2, -0.15) is 0 Å². The average molecular weight is 373 g/mol. The molecule has 0 saturated heterocycles. The number of hydrogen-bond donors (Lipinski definition) is 2. The van der Waals surface area contributed by atoms with Gasteiger partial charge in [0, 0.05) is 17.1 Å². The fourth-order valence-corrected chi connectivity index (χ4v) is 3.71. The molecule has 2 aromatic carbocycles. The van der Waals surface area contributed by atoms with Crippen LogP contribution in [0.2, 0.25) is 5.02 Å². The molecule has 1 unspecified atom stereocenters. The number of alkyl carbamates (subject to hydrolysis) is 1. The number of aryl methyl sites for hydroxylation is 1. The molecule has 0 radical (unpaired) electrons. The Balaban J connectivity index is 1.45. The third-order valence-corrected chi connectivity index (χ3v) is 5.09. The van der Waals surface area contributed by atoms with Gasteiger partial charge in [0.05, 0.1) is 10.5 Å². The van der Waals surface area contributed by atoms with Crippen molar-refractivity contribution in [1.82, 2.24) is 10.3 Å². The van der Waals surface area contributed by atoms with E-state index < -0.39 is 6.09 Å². The SMILES string of the molecule is O=C(NC1CCc2[nH]c3c(Cl)ccc(F)c3c2C1)OCc1ccccc1. The number of amides is 1. The van der Waals surface area contributed by atoms with E-state index >= 15 is 0 Å². The zero-order valence-electron chi connectivity index (χ0n) is 14.0. The van der Waals surface area contributed by atoms with E-state index in [1.165, 1.54) is 6.07 Å². The number of rotatable bonds is 3. The fraction of sp³-hybridized carbons (Fsp3) is 0.250. The van der Waals surface area contributed by atoms with Crippen LogP contribution in [0.4, 0.5) is 9.18 Å². The quantitative estimate of drug-likeness (QED) is 0.697. The molecule has 1 aliphatic carbocycles. The first kappa shape index (κ1) is 16.9. The smallest absolute Gasteiger partial charge is 0.407 e. The molecule has 0 saturated carbocycles. The van der Waals surface area contributed by atoms with Gasteiger partial charge >= 0.3 is 6.09 Å². The van der Waals surface area contributed by atoms with Crippen LogP contribution in [0.15, 0.2) is 42.5 Å². The van der Waals surface area contributed by atoms with Crippen LogP contribution in [0.25, 0.3) is 10.9 Å². The lowest BCUT2D eigenvalue weighted by atomic mass is 9.91. The van der Waals surface area contributed by atoms with Gasteiger partial charge in [0.1, 0.15) is 12.4 Å². The first-order valence-electron chi connectivity index (χ1n) is 8.56. The minimum absolute atomic E-state index is 0.0943. The van der Waals surface area contributed by atoms with Gasteiger partial charge in [0.25, 0.3) is 0 Å². The molecule has 4 nitrogen and oxygen atoms in total. The van der Waals surface area contributed by atoms with Crippen LogP contribution in [0.5, 0.6) is 0 Å². The number of aromatic nitrogens is 1. The minimum Gasteiger partial charge on any atom is -0.445 e. The van der Waals surface area contributed by atoms with Crippen molar-refractivity contribution >= 4 is 28.6 Å². The summed E-state index contributed by atoms with van der Waals surface area (Å²) in [6.07, 6.45) is 1.58. The number of carbonyl (C=O) groups excluding carboxylic acids is 1. The second-order valence-electron chi connectivity index (χ2n) is 6.51. The molecule has 0 fully saturated rings. The Labute approximate surface area is 155 Å². The van der Waals surface area contributed by atoms with Crippen molar-refractivity contribution in [2.75, 3.05) is 0 Å². The largest absolute Gasteiger partial charge is 0.445 e. The highest BCUT2D eigenvalue weighted by atomic mass is 35.5. The highest BCUT2D eigenvalue weighted by Gasteiger charge is 2.26. The van der Waals surface area contributed by atoms with Crippen LogP contribution in [0, 0.1) is 5.82 Å². The standard InChI is InChI=1S/C20H18ClFN2O2/c21-15-7-8-16(22)18-14-10-13(6-9-17(14)24-19(15)18)23-20(25)26-11-12-4-2-1-3-5-12/h1-5,7-8,13,24H,6,9-11H2,(H,23,25). The van der Waals surface area contributed by atoms with Gasteiger partial charge in [-0.1, -0.05) is 41.9 Å². The molecule has 134 valence electrons. The van der Waals surface area contributed by atoms with E-state index in [0.29, 0.717) is 22.3 Å². The number of nitrogens with one attached hydrogen (secondary N) is 2. The third-order valence-electron chi connectivity index (χ3n) is 4.77. The Morgan fingerprint density at radius 1 is 1.27 bits per heavy atom. The van der Waals surface area contributed by atoms with Crippen LogP contribution in [-0.4, -0.2) is 17.1 Å². The van der Waals surface area contributed by atoms with Crippen LogP contribution in [-0.2, 0) is 24.2 Å². The zero-order valence-corrected chi connectivity index (χ0v) is 14.8. The van der Waals surface area contributed by atoms with Crippen molar-refractivity contribution in [2.45, 2.75) is 31.9 Å². The number of hydrogen-bond acceptors (Lipinski definition) is 2. The average Bonchev–Trinajstić information content (AvgIpc) is 3.04. The number of aromatic amines is 1. The van der Waals surface area contributed by atoms with Crippen molar-refractivity contribution in [1.29, 1.82) is 0 Å². The summed E-state index contributed by atoms with van der Waals surface area (Å²) in [4.78, 5) is 15.3. The molecule has 1 aromatic heterocycles. The van der Waals surface area contributed by atoms with Crippen LogP contribution in [0.1, 0.15) is 23.2 Å². The molecule has 1 amide bonds. The molecule has 26 heavy (non-hydrogen) atoms. The molecule has 0 bridgehead atoms. The molecule has 0 aliphatic heterocycles. The topological polar surface area (TPSA) is 54.1 Å². The van der Waals surface area contributed by atoms with E-state index in [2.05, 4.69) is 10.3 Å². The van der Waals surface area contributed by atoms with Gasteiger partial charge in [-0.25, -0.2) is 9.18 Å². The van der Waals surface area contributed by atoms with Gasteiger partial charge in [-0.3, -0.25) is 0 Å². The number of ether oxygens (including phenoxy) is 1. The molecule has 1 atom stereocenters. The molecule has 3 aromatic rings. The molecule has 4 rings (SSSR count). The zero-order chi connectivity index (χ0) is 18.1. The highest BCUT2D eigenvalue weighted by Crippen LogP contribution is 2.34. The molecule has 1 aliphatic rings. The molecular formula is C20H18ClFN2O2. The summed E-state index contributed by atoms with van der Waals surface area (Å²) in [5.41, 5.74) is 3.44. The van der Waals surface area contributed by atoms with Crippen molar-refractivity contribution in [3.63, 3.8) is 0 Å². The lowest BCUT2D eigenvalue weighted by Crippen LogP contribution is -2.39. The van der Waals surface area contributed by atoms with E-state index in [4.69, 9.17) is 16.3 Å². The summed E-state index contributed by atoms with van der Waals surface area (Å²) in [6.45, 7) is 0.224. The molecule has 1 heterocycles. The number of H-pyrrole nitrogens is 1. The molecule has 2 N–H and O–H groups in total. The fourth-order valence-electron chi connectivity index (χ4n) is 3.51. The number of carbonyl (C=O) groups is 1. The van der Waals surface area contributed by atoms with E-state index in [0.717, 1.165) is 29.7 Å². The van der Waals surface area contributed by atoms with Gasteiger partial charge in [0.2, 0.25) is 0 Å². The molecular weight excluding hydrogens is 355 g/mol. The van der Waals surface area contributed by atoms with Gasteiger partial charge in [-0.05, 0) is 42.5 Å². The Morgan fingerprint density at radius 2 is 2.08 bits per heavy atom. The predicted octanol–water partition coefficient (Wildman–Crippen LogP) is 4.74. The first-order chi connectivity index (χ1) is 12.6. The van der Waals surface area contributed by atoms with E-state index in [1.54, 1.807) is 6.07 Å². The summed E-state index contributed by atoms with van der Waals surface area (Å²) in [6, 6.07) is 12.4. The highest BCUT2D eigenvalue weighted by molar-refractivity contribution is 6.35.